The zero-order valence-corrected chi connectivity index (χ0v) is 15.6. The van der Waals surface area contributed by atoms with E-state index < -0.39 is 14.9 Å². The van der Waals surface area contributed by atoms with Gasteiger partial charge >= 0.3 is 7.60 Å². The van der Waals surface area contributed by atoms with Crippen molar-refractivity contribution >= 4 is 30.8 Å². The van der Waals surface area contributed by atoms with Crippen LogP contribution in [0.4, 0.5) is 0 Å². The summed E-state index contributed by atoms with van der Waals surface area (Å²) in [7, 11) is -6.24. The van der Waals surface area contributed by atoms with Gasteiger partial charge in [-0.15, -0.1) is 0 Å². The maximum atomic E-state index is 11.7. The quantitative estimate of drug-likeness (QED) is 0.655. The van der Waals surface area contributed by atoms with Gasteiger partial charge in [-0.05, 0) is 36.4 Å². The van der Waals surface area contributed by atoms with Crippen LogP contribution >= 0.6 is 14.9 Å². The Balaban J connectivity index is 2.25. The molecule has 0 aromatic heterocycles. The number of hydrogen-bond donors (Lipinski definition) is 2. The average Bonchev–Trinajstić information content (AvgIpc) is 2.64. The van der Waals surface area contributed by atoms with Crippen LogP contribution in [0.3, 0.4) is 0 Å². The van der Waals surface area contributed by atoms with Crippen molar-refractivity contribution in [3.05, 3.63) is 91.0 Å². The molecule has 0 unspecified atom stereocenters. The van der Waals surface area contributed by atoms with E-state index in [1.165, 1.54) is 0 Å². The van der Waals surface area contributed by atoms with E-state index in [1.54, 1.807) is 0 Å². The van der Waals surface area contributed by atoms with E-state index in [0.717, 1.165) is 15.9 Å². The second kappa shape index (κ2) is 7.64. The minimum absolute atomic E-state index is 0.126. The van der Waals surface area contributed by atoms with E-state index in [-0.39, 0.29) is 6.16 Å². The first-order chi connectivity index (χ1) is 12.0. The minimum Gasteiger partial charge on any atom is -0.324 e. The molecule has 3 rings (SSSR count). The van der Waals surface area contributed by atoms with Gasteiger partial charge in [0.2, 0.25) is 0 Å². The van der Waals surface area contributed by atoms with Gasteiger partial charge < -0.3 is 9.79 Å². The van der Waals surface area contributed by atoms with Crippen molar-refractivity contribution in [3.8, 4) is 0 Å². The highest BCUT2D eigenvalue weighted by Gasteiger charge is 2.46. The molecule has 0 spiro atoms. The molecule has 0 saturated carbocycles. The lowest BCUT2D eigenvalue weighted by Gasteiger charge is -2.27. The molecule has 0 atom stereocenters. The highest BCUT2D eigenvalue weighted by Crippen LogP contribution is 2.57. The van der Waals surface area contributed by atoms with Crippen LogP contribution in [0.5, 0.6) is 0 Å². The maximum Gasteiger partial charge on any atom is 0.329 e. The van der Waals surface area contributed by atoms with Gasteiger partial charge in [0.1, 0.15) is 23.2 Å². The first-order valence-electron chi connectivity index (χ1n) is 8.12. The standard InChI is InChI=1S/C20H20O3P2/c21-25(22,23)17-16-24(18-10-4-1-5-11-18,19-12-6-2-7-13-19)20-14-8-3-9-15-20/h1-15H,16-17H2,(H-,21,22,23)/p+1. The summed E-state index contributed by atoms with van der Waals surface area (Å²) in [6.45, 7) is 0. The van der Waals surface area contributed by atoms with Gasteiger partial charge in [0.15, 0.2) is 0 Å². The van der Waals surface area contributed by atoms with E-state index >= 15 is 0 Å². The Morgan fingerprint density at radius 2 is 0.960 bits per heavy atom. The second-order valence-electron chi connectivity index (χ2n) is 5.93. The molecule has 25 heavy (non-hydrogen) atoms. The van der Waals surface area contributed by atoms with Crippen molar-refractivity contribution in [2.45, 2.75) is 0 Å². The molecule has 3 nitrogen and oxygen atoms in total. The zero-order valence-electron chi connectivity index (χ0n) is 13.8. The lowest BCUT2D eigenvalue weighted by Crippen LogP contribution is -2.34. The topological polar surface area (TPSA) is 57.5 Å². The first-order valence-corrected chi connectivity index (χ1v) is 11.9. The molecular weight excluding hydrogens is 350 g/mol. The molecule has 0 saturated heterocycles. The largest absolute Gasteiger partial charge is 0.329 e. The van der Waals surface area contributed by atoms with Gasteiger partial charge in [0.05, 0.1) is 12.3 Å². The lowest BCUT2D eigenvalue weighted by molar-refractivity contribution is 0.375. The van der Waals surface area contributed by atoms with Crippen molar-refractivity contribution in [2.75, 3.05) is 12.3 Å². The van der Waals surface area contributed by atoms with Crippen LogP contribution < -0.4 is 15.9 Å². The summed E-state index contributed by atoms with van der Waals surface area (Å²) >= 11 is 0. The molecule has 0 heterocycles. The normalized spacial score (nSPS) is 12.1. The van der Waals surface area contributed by atoms with Crippen LogP contribution in [-0.2, 0) is 4.57 Å². The van der Waals surface area contributed by atoms with Crippen LogP contribution in [0.25, 0.3) is 0 Å². The maximum absolute atomic E-state index is 11.7. The van der Waals surface area contributed by atoms with Gasteiger partial charge in [-0.2, -0.15) is 0 Å². The predicted molar refractivity (Wildman–Crippen MR) is 107 cm³/mol. The Kier molecular flexibility index (Phi) is 5.51. The summed E-state index contributed by atoms with van der Waals surface area (Å²) in [5.41, 5.74) is 0. The Morgan fingerprint density at radius 3 is 1.24 bits per heavy atom. The molecule has 0 amide bonds. The van der Waals surface area contributed by atoms with E-state index in [2.05, 4.69) is 36.4 Å². The van der Waals surface area contributed by atoms with Crippen LogP contribution in [0.1, 0.15) is 0 Å². The van der Waals surface area contributed by atoms with Crippen molar-refractivity contribution in [1.82, 2.24) is 0 Å². The van der Waals surface area contributed by atoms with E-state index in [4.69, 9.17) is 0 Å². The summed E-state index contributed by atoms with van der Waals surface area (Å²) in [4.78, 5) is 19.1. The van der Waals surface area contributed by atoms with Gasteiger partial charge in [-0.3, -0.25) is 4.57 Å². The Labute approximate surface area is 148 Å². The van der Waals surface area contributed by atoms with Gasteiger partial charge in [-0.1, -0.05) is 54.6 Å². The highest BCUT2D eigenvalue weighted by molar-refractivity contribution is 7.96. The van der Waals surface area contributed by atoms with Crippen molar-refractivity contribution in [3.63, 3.8) is 0 Å². The predicted octanol–water partition coefficient (Wildman–Crippen LogP) is 3.16. The summed E-state index contributed by atoms with van der Waals surface area (Å²) in [6, 6.07) is 30.3. The number of rotatable bonds is 6. The molecule has 2 N–H and O–H groups in total. The third kappa shape index (κ3) is 4.08. The number of benzene rings is 3. The van der Waals surface area contributed by atoms with E-state index in [0.29, 0.717) is 6.16 Å². The highest BCUT2D eigenvalue weighted by atomic mass is 31.2. The van der Waals surface area contributed by atoms with Crippen LogP contribution in [-0.4, -0.2) is 22.1 Å². The monoisotopic (exact) mass is 371 g/mol. The van der Waals surface area contributed by atoms with Crippen molar-refractivity contribution in [2.24, 2.45) is 0 Å². The zero-order chi connectivity index (χ0) is 17.8. The van der Waals surface area contributed by atoms with Crippen molar-refractivity contribution in [1.29, 1.82) is 0 Å². The Hall–Kier alpha value is -1.76. The molecular formula is C20H21O3P2+. The van der Waals surface area contributed by atoms with Gasteiger partial charge in [0.25, 0.3) is 0 Å². The Morgan fingerprint density at radius 1 is 0.640 bits per heavy atom. The van der Waals surface area contributed by atoms with Crippen LogP contribution in [0.15, 0.2) is 91.0 Å². The van der Waals surface area contributed by atoms with Gasteiger partial charge in [0, 0.05) is 0 Å². The fraction of sp³-hybridized carbons (Fsp3) is 0.100. The molecule has 0 aliphatic rings. The first kappa shape index (κ1) is 18.0. The molecule has 0 fully saturated rings. The summed E-state index contributed by atoms with van der Waals surface area (Å²) in [6.07, 6.45) is 0.314. The minimum atomic E-state index is -4.10. The van der Waals surface area contributed by atoms with Crippen molar-refractivity contribution < 1.29 is 14.4 Å². The Bertz CT molecular complexity index is 749. The lowest BCUT2D eigenvalue weighted by atomic mass is 10.4. The van der Waals surface area contributed by atoms with Crippen LogP contribution in [0, 0.1) is 0 Å². The molecule has 0 aliphatic carbocycles. The fourth-order valence-electron chi connectivity index (χ4n) is 3.16. The third-order valence-corrected chi connectivity index (χ3v) is 9.91. The van der Waals surface area contributed by atoms with Gasteiger partial charge in [-0.25, -0.2) is 0 Å². The van der Waals surface area contributed by atoms with E-state index in [9.17, 15) is 14.4 Å². The molecule has 3 aromatic carbocycles. The average molecular weight is 371 g/mol. The number of hydrogen-bond acceptors (Lipinski definition) is 1. The fourth-order valence-corrected chi connectivity index (χ4v) is 9.12. The second-order valence-corrected chi connectivity index (χ2v) is 11.3. The third-order valence-electron chi connectivity index (χ3n) is 4.32. The molecule has 128 valence electrons. The smallest absolute Gasteiger partial charge is 0.324 e. The summed E-state index contributed by atoms with van der Waals surface area (Å²) < 4.78 is 11.7. The van der Waals surface area contributed by atoms with Crippen LogP contribution in [0.2, 0.25) is 0 Å². The summed E-state index contributed by atoms with van der Waals surface area (Å²) in [5.74, 6) is 0. The summed E-state index contributed by atoms with van der Waals surface area (Å²) in [5, 5.41) is 3.42. The molecule has 0 bridgehead atoms. The molecule has 0 aliphatic heterocycles. The molecule has 3 aromatic rings. The van der Waals surface area contributed by atoms with E-state index in [1.807, 2.05) is 54.6 Å². The molecule has 5 heteroatoms. The molecule has 0 radical (unpaired) electrons. The SMILES string of the molecule is O=P(O)(O)CC[P+](c1ccccc1)(c1ccccc1)c1ccccc1.